The van der Waals surface area contributed by atoms with Crippen molar-refractivity contribution in [1.82, 2.24) is 10.6 Å². The highest BCUT2D eigenvalue weighted by Gasteiger charge is 2.18. The van der Waals surface area contributed by atoms with E-state index in [1.54, 1.807) is 0 Å². The molecule has 0 aliphatic carbocycles. The minimum absolute atomic E-state index is 0.214. The first-order valence-electron chi connectivity index (χ1n) is 8.10. The first-order chi connectivity index (χ1) is 10.7. The molecule has 0 spiro atoms. The molecule has 1 unspecified atom stereocenters. The summed E-state index contributed by atoms with van der Waals surface area (Å²) in [5.41, 5.74) is 0.752. The average molecular weight is 385 g/mol. The molecule has 0 bridgehead atoms. The number of halogens is 1. The number of hydrogen-bond donors (Lipinski definition) is 2. The molecule has 0 aromatic heterocycles. The smallest absolute Gasteiger partial charge is 0.407 e. The van der Waals surface area contributed by atoms with Crippen LogP contribution in [-0.4, -0.2) is 24.3 Å². The summed E-state index contributed by atoms with van der Waals surface area (Å²) < 4.78 is 6.36. The van der Waals surface area contributed by atoms with Gasteiger partial charge in [-0.1, -0.05) is 41.9 Å². The van der Waals surface area contributed by atoms with Crippen molar-refractivity contribution < 1.29 is 9.53 Å². The van der Waals surface area contributed by atoms with Gasteiger partial charge in [0.15, 0.2) is 0 Å². The Morgan fingerprint density at radius 2 is 1.83 bits per heavy atom. The van der Waals surface area contributed by atoms with Gasteiger partial charge in [0.05, 0.1) is 0 Å². The topological polar surface area (TPSA) is 50.4 Å². The molecule has 130 valence electrons. The van der Waals surface area contributed by atoms with Crippen LogP contribution in [-0.2, 0) is 11.3 Å². The summed E-state index contributed by atoms with van der Waals surface area (Å²) in [6.07, 6.45) is 0.628. The highest BCUT2D eigenvalue weighted by molar-refractivity contribution is 9.10. The summed E-state index contributed by atoms with van der Waals surface area (Å²) in [6.45, 7) is 11.3. The Labute approximate surface area is 148 Å². The fraction of sp³-hybridized carbons (Fsp3) is 0.611. The molecule has 2 N–H and O–H groups in total. The Morgan fingerprint density at radius 3 is 2.35 bits per heavy atom. The van der Waals surface area contributed by atoms with E-state index in [1.165, 1.54) is 5.56 Å². The van der Waals surface area contributed by atoms with E-state index in [9.17, 15) is 4.79 Å². The Morgan fingerprint density at radius 1 is 1.22 bits per heavy atom. The molecule has 0 radical (unpaired) electrons. The number of alkyl carbamates (subject to hydrolysis) is 1. The molecule has 23 heavy (non-hydrogen) atoms. The summed E-state index contributed by atoms with van der Waals surface area (Å²) >= 11 is 3.44. The van der Waals surface area contributed by atoms with Crippen molar-refractivity contribution in [2.24, 2.45) is 5.92 Å². The quantitative estimate of drug-likeness (QED) is 0.728. The van der Waals surface area contributed by atoms with E-state index >= 15 is 0 Å². The predicted molar refractivity (Wildman–Crippen MR) is 98.5 cm³/mol. The largest absolute Gasteiger partial charge is 0.444 e. The highest BCUT2D eigenvalue weighted by Crippen LogP contribution is 2.11. The number of rotatable bonds is 7. The van der Waals surface area contributed by atoms with Crippen LogP contribution in [0.3, 0.4) is 0 Å². The molecular formula is C18H29BrN2O2. The summed E-state index contributed by atoms with van der Waals surface area (Å²) in [5, 5.41) is 6.38. The minimum atomic E-state index is -0.470. The number of carbonyl (C=O) groups is 1. The first kappa shape index (κ1) is 20.0. The van der Waals surface area contributed by atoms with E-state index in [0.717, 1.165) is 17.4 Å². The van der Waals surface area contributed by atoms with Crippen molar-refractivity contribution in [2.45, 2.75) is 59.2 Å². The molecule has 1 rings (SSSR count). The Hall–Kier alpha value is -1.07. The number of carbonyl (C=O) groups excluding carboxylic acids is 1. The minimum Gasteiger partial charge on any atom is -0.444 e. The number of hydrogen-bond acceptors (Lipinski definition) is 3. The van der Waals surface area contributed by atoms with Crippen LogP contribution in [0.2, 0.25) is 0 Å². The van der Waals surface area contributed by atoms with Crippen molar-refractivity contribution >= 4 is 22.0 Å². The molecule has 0 aliphatic heterocycles. The third-order valence-electron chi connectivity index (χ3n) is 3.16. The summed E-state index contributed by atoms with van der Waals surface area (Å²) in [5.74, 6) is 0.554. The molecule has 0 saturated heterocycles. The van der Waals surface area contributed by atoms with E-state index in [4.69, 9.17) is 4.74 Å². The summed E-state index contributed by atoms with van der Waals surface area (Å²) in [6, 6.07) is 8.46. The van der Waals surface area contributed by atoms with Gasteiger partial charge >= 0.3 is 6.09 Å². The summed E-state index contributed by atoms with van der Waals surface area (Å²) in [4.78, 5) is 11.8. The van der Waals surface area contributed by atoms with Crippen molar-refractivity contribution in [2.75, 3.05) is 6.54 Å². The average Bonchev–Trinajstić information content (AvgIpc) is 2.41. The van der Waals surface area contributed by atoms with Crippen LogP contribution in [0.1, 0.15) is 46.6 Å². The van der Waals surface area contributed by atoms with Gasteiger partial charge < -0.3 is 15.4 Å². The van der Waals surface area contributed by atoms with Crippen molar-refractivity contribution in [3.63, 3.8) is 0 Å². The molecule has 0 aliphatic rings. The second-order valence-electron chi connectivity index (χ2n) is 7.22. The van der Waals surface area contributed by atoms with Gasteiger partial charge in [-0.3, -0.25) is 0 Å². The maximum absolute atomic E-state index is 11.8. The molecule has 1 aromatic carbocycles. The standard InChI is InChI=1S/C18H29BrN2O2/c1-13(2)10-16(12-21-17(22)23-18(3,4)5)20-11-14-6-8-15(19)9-7-14/h6-9,13,16,20H,10-12H2,1-5H3,(H,21,22). The predicted octanol–water partition coefficient (Wildman–Crippen LogP) is 4.48. The van der Waals surface area contributed by atoms with Crippen molar-refractivity contribution in [3.8, 4) is 0 Å². The normalized spacial score (nSPS) is 13.0. The second-order valence-corrected chi connectivity index (χ2v) is 8.13. The maximum Gasteiger partial charge on any atom is 0.407 e. The van der Waals surface area contributed by atoms with Gasteiger partial charge in [0.2, 0.25) is 0 Å². The van der Waals surface area contributed by atoms with E-state index in [1.807, 2.05) is 32.9 Å². The lowest BCUT2D eigenvalue weighted by Gasteiger charge is -2.24. The van der Waals surface area contributed by atoms with E-state index in [0.29, 0.717) is 12.5 Å². The van der Waals surface area contributed by atoms with Crippen LogP contribution < -0.4 is 10.6 Å². The second kappa shape index (κ2) is 9.28. The Kier molecular flexibility index (Phi) is 8.06. The fourth-order valence-corrected chi connectivity index (χ4v) is 2.46. The van der Waals surface area contributed by atoms with Crippen LogP contribution in [0.25, 0.3) is 0 Å². The lowest BCUT2D eigenvalue weighted by molar-refractivity contribution is 0.0521. The zero-order chi connectivity index (χ0) is 17.5. The lowest BCUT2D eigenvalue weighted by Crippen LogP contribution is -2.43. The monoisotopic (exact) mass is 384 g/mol. The van der Waals surface area contributed by atoms with E-state index in [2.05, 4.69) is 52.5 Å². The summed E-state index contributed by atoms with van der Waals surface area (Å²) in [7, 11) is 0. The first-order valence-corrected chi connectivity index (χ1v) is 8.89. The number of benzene rings is 1. The Bertz CT molecular complexity index is 481. The fourth-order valence-electron chi connectivity index (χ4n) is 2.19. The zero-order valence-electron chi connectivity index (χ0n) is 14.8. The van der Waals surface area contributed by atoms with Crippen molar-refractivity contribution in [1.29, 1.82) is 0 Å². The number of amides is 1. The molecule has 0 fully saturated rings. The van der Waals surface area contributed by atoms with Crippen LogP contribution >= 0.6 is 15.9 Å². The third-order valence-corrected chi connectivity index (χ3v) is 3.68. The lowest BCUT2D eigenvalue weighted by atomic mass is 10.0. The highest BCUT2D eigenvalue weighted by atomic mass is 79.9. The van der Waals surface area contributed by atoms with Gasteiger partial charge in [0.1, 0.15) is 5.60 Å². The van der Waals surface area contributed by atoms with Gasteiger partial charge in [-0.05, 0) is 50.8 Å². The van der Waals surface area contributed by atoms with Gasteiger partial charge in [-0.15, -0.1) is 0 Å². The van der Waals surface area contributed by atoms with Gasteiger partial charge in [0.25, 0.3) is 0 Å². The van der Waals surface area contributed by atoms with Gasteiger partial charge in [-0.25, -0.2) is 4.79 Å². The van der Waals surface area contributed by atoms with Gasteiger partial charge in [0, 0.05) is 23.6 Å². The number of ether oxygens (including phenoxy) is 1. The third kappa shape index (κ3) is 9.61. The van der Waals surface area contributed by atoms with Crippen LogP contribution in [0.5, 0.6) is 0 Å². The van der Waals surface area contributed by atoms with Crippen LogP contribution in [0.4, 0.5) is 4.79 Å². The molecular weight excluding hydrogens is 356 g/mol. The molecule has 5 heteroatoms. The molecule has 1 amide bonds. The maximum atomic E-state index is 11.8. The molecule has 1 aromatic rings. The molecule has 0 saturated carbocycles. The van der Waals surface area contributed by atoms with E-state index in [-0.39, 0.29) is 12.1 Å². The molecule has 1 atom stereocenters. The molecule has 0 heterocycles. The van der Waals surface area contributed by atoms with E-state index < -0.39 is 5.60 Å². The zero-order valence-corrected chi connectivity index (χ0v) is 16.4. The van der Waals surface area contributed by atoms with Crippen molar-refractivity contribution in [3.05, 3.63) is 34.3 Å². The Balaban J connectivity index is 2.48. The number of nitrogens with one attached hydrogen (secondary N) is 2. The van der Waals surface area contributed by atoms with Crippen LogP contribution in [0, 0.1) is 5.92 Å². The SMILES string of the molecule is CC(C)CC(CNC(=O)OC(C)(C)C)NCc1ccc(Br)cc1. The van der Waals surface area contributed by atoms with Crippen LogP contribution in [0.15, 0.2) is 28.7 Å². The molecule has 4 nitrogen and oxygen atoms in total. The van der Waals surface area contributed by atoms with Gasteiger partial charge in [-0.2, -0.15) is 0 Å².